The summed E-state index contributed by atoms with van der Waals surface area (Å²) in [6, 6.07) is 0. The molecule has 1 aliphatic heterocycles. The van der Waals surface area contributed by atoms with Crippen molar-refractivity contribution < 1.29 is 9.84 Å². The highest BCUT2D eigenvalue weighted by Crippen LogP contribution is 2.20. The van der Waals surface area contributed by atoms with Crippen LogP contribution in [0.2, 0.25) is 0 Å². The molecule has 2 atom stereocenters. The van der Waals surface area contributed by atoms with Gasteiger partial charge in [0.25, 0.3) is 0 Å². The highest BCUT2D eigenvalue weighted by atomic mass is 127. The van der Waals surface area contributed by atoms with E-state index in [1.54, 1.807) is 0 Å². The standard InChI is InChI=1S/C6H11IO2/c7-3-5-1-2-6(4-8)9-5/h5-6,8H,1-4H2/t5-,6+/m0/s1. The van der Waals surface area contributed by atoms with Gasteiger partial charge in [0.1, 0.15) is 0 Å². The Morgan fingerprint density at radius 1 is 1.44 bits per heavy atom. The van der Waals surface area contributed by atoms with Gasteiger partial charge in [-0.05, 0) is 12.8 Å². The van der Waals surface area contributed by atoms with Crippen molar-refractivity contribution in [3.05, 3.63) is 0 Å². The van der Waals surface area contributed by atoms with Crippen LogP contribution >= 0.6 is 22.6 Å². The molecule has 0 saturated carbocycles. The predicted molar refractivity (Wildman–Crippen MR) is 43.9 cm³/mol. The molecule has 1 saturated heterocycles. The summed E-state index contributed by atoms with van der Waals surface area (Å²) in [5.41, 5.74) is 0. The minimum Gasteiger partial charge on any atom is -0.394 e. The normalized spacial score (nSPS) is 35.3. The maximum Gasteiger partial charge on any atom is 0.0810 e. The van der Waals surface area contributed by atoms with Gasteiger partial charge in [-0.1, -0.05) is 22.6 Å². The lowest BCUT2D eigenvalue weighted by Gasteiger charge is -2.07. The van der Waals surface area contributed by atoms with Crippen LogP contribution in [0.3, 0.4) is 0 Å². The summed E-state index contributed by atoms with van der Waals surface area (Å²) in [4.78, 5) is 0. The molecule has 1 fully saturated rings. The second-order valence-electron chi connectivity index (χ2n) is 2.29. The van der Waals surface area contributed by atoms with Gasteiger partial charge >= 0.3 is 0 Å². The molecular weight excluding hydrogens is 231 g/mol. The molecule has 0 aromatic rings. The van der Waals surface area contributed by atoms with Crippen molar-refractivity contribution in [2.75, 3.05) is 11.0 Å². The Morgan fingerprint density at radius 3 is 2.44 bits per heavy atom. The SMILES string of the molecule is OC[C@H]1CC[C@@H](CI)O1. The van der Waals surface area contributed by atoms with Gasteiger partial charge in [-0.15, -0.1) is 0 Å². The second-order valence-corrected chi connectivity index (χ2v) is 3.18. The van der Waals surface area contributed by atoms with Gasteiger partial charge in [0.15, 0.2) is 0 Å². The van der Waals surface area contributed by atoms with Crippen molar-refractivity contribution in [2.24, 2.45) is 0 Å². The van der Waals surface area contributed by atoms with E-state index < -0.39 is 0 Å². The molecule has 1 rings (SSSR count). The minimum absolute atomic E-state index is 0.129. The molecule has 0 aromatic heterocycles. The summed E-state index contributed by atoms with van der Waals surface area (Å²) >= 11 is 2.31. The second kappa shape index (κ2) is 3.73. The lowest BCUT2D eigenvalue weighted by atomic mass is 10.2. The number of aliphatic hydroxyl groups excluding tert-OH is 1. The van der Waals surface area contributed by atoms with Gasteiger partial charge in [-0.3, -0.25) is 0 Å². The average molecular weight is 242 g/mol. The molecule has 1 heterocycles. The quantitative estimate of drug-likeness (QED) is 0.577. The van der Waals surface area contributed by atoms with Crippen molar-refractivity contribution in [3.63, 3.8) is 0 Å². The molecule has 0 amide bonds. The van der Waals surface area contributed by atoms with Crippen LogP contribution in [-0.4, -0.2) is 28.3 Å². The van der Waals surface area contributed by atoms with Gasteiger partial charge in [0.05, 0.1) is 18.8 Å². The summed E-state index contributed by atoms with van der Waals surface area (Å²) in [7, 11) is 0. The third-order valence-electron chi connectivity index (χ3n) is 1.57. The summed E-state index contributed by atoms with van der Waals surface area (Å²) < 4.78 is 6.45. The zero-order valence-corrected chi connectivity index (χ0v) is 7.37. The smallest absolute Gasteiger partial charge is 0.0810 e. The number of aliphatic hydroxyl groups is 1. The fraction of sp³-hybridized carbons (Fsp3) is 1.00. The van der Waals surface area contributed by atoms with Crippen molar-refractivity contribution in [1.82, 2.24) is 0 Å². The first-order chi connectivity index (χ1) is 4.36. The summed E-state index contributed by atoms with van der Waals surface area (Å²) in [5, 5.41) is 8.65. The Balaban J connectivity index is 2.20. The molecule has 0 bridgehead atoms. The maximum absolute atomic E-state index is 8.65. The number of rotatable bonds is 2. The zero-order valence-electron chi connectivity index (χ0n) is 5.22. The lowest BCUT2D eigenvalue weighted by Crippen LogP contribution is -2.14. The van der Waals surface area contributed by atoms with E-state index in [-0.39, 0.29) is 12.7 Å². The van der Waals surface area contributed by atoms with Crippen molar-refractivity contribution in [1.29, 1.82) is 0 Å². The van der Waals surface area contributed by atoms with Crippen LogP contribution in [0.4, 0.5) is 0 Å². The topological polar surface area (TPSA) is 29.5 Å². The fourth-order valence-corrected chi connectivity index (χ4v) is 1.68. The van der Waals surface area contributed by atoms with E-state index in [9.17, 15) is 0 Å². The van der Waals surface area contributed by atoms with E-state index in [1.807, 2.05) is 0 Å². The molecule has 0 spiro atoms. The molecule has 0 aliphatic carbocycles. The Kier molecular flexibility index (Phi) is 3.21. The van der Waals surface area contributed by atoms with Crippen molar-refractivity contribution in [3.8, 4) is 0 Å². The van der Waals surface area contributed by atoms with Gasteiger partial charge in [0.2, 0.25) is 0 Å². The Labute approximate surface area is 68.7 Å². The monoisotopic (exact) mass is 242 g/mol. The molecule has 0 unspecified atom stereocenters. The van der Waals surface area contributed by atoms with Gasteiger partial charge in [-0.25, -0.2) is 0 Å². The molecule has 9 heavy (non-hydrogen) atoms. The Hall–Kier alpha value is 0.650. The summed E-state index contributed by atoms with van der Waals surface area (Å²) in [6.07, 6.45) is 2.69. The first-order valence-electron chi connectivity index (χ1n) is 3.19. The van der Waals surface area contributed by atoms with Crippen molar-refractivity contribution in [2.45, 2.75) is 25.0 Å². The van der Waals surface area contributed by atoms with Gasteiger partial charge in [0, 0.05) is 4.43 Å². The van der Waals surface area contributed by atoms with Crippen LogP contribution in [0.15, 0.2) is 0 Å². The van der Waals surface area contributed by atoms with Crippen LogP contribution < -0.4 is 0 Å². The van der Waals surface area contributed by atoms with Crippen LogP contribution in [-0.2, 0) is 4.74 Å². The first kappa shape index (κ1) is 7.75. The Bertz CT molecular complexity index is 77.1. The number of halogens is 1. The minimum atomic E-state index is 0.129. The van der Waals surface area contributed by atoms with E-state index in [1.165, 1.54) is 0 Å². The van der Waals surface area contributed by atoms with Crippen LogP contribution in [0.5, 0.6) is 0 Å². The fourth-order valence-electron chi connectivity index (χ4n) is 1.03. The highest BCUT2D eigenvalue weighted by Gasteiger charge is 2.22. The van der Waals surface area contributed by atoms with E-state index in [2.05, 4.69) is 22.6 Å². The van der Waals surface area contributed by atoms with Crippen LogP contribution in [0.25, 0.3) is 0 Å². The third kappa shape index (κ3) is 2.05. The largest absolute Gasteiger partial charge is 0.394 e. The molecule has 1 aliphatic rings. The van der Waals surface area contributed by atoms with Gasteiger partial charge < -0.3 is 9.84 Å². The van der Waals surface area contributed by atoms with Gasteiger partial charge in [-0.2, -0.15) is 0 Å². The zero-order chi connectivity index (χ0) is 6.69. The molecule has 3 heteroatoms. The van der Waals surface area contributed by atoms with Crippen LogP contribution in [0.1, 0.15) is 12.8 Å². The number of hydrogen-bond acceptors (Lipinski definition) is 2. The van der Waals surface area contributed by atoms with E-state index in [0.717, 1.165) is 17.3 Å². The first-order valence-corrected chi connectivity index (χ1v) is 4.71. The molecule has 0 radical (unpaired) electrons. The number of ether oxygens (including phenoxy) is 1. The average Bonchev–Trinajstić information content (AvgIpc) is 2.34. The molecule has 0 aromatic carbocycles. The number of hydrogen-bond donors (Lipinski definition) is 1. The highest BCUT2D eigenvalue weighted by molar-refractivity contribution is 14.1. The molecule has 54 valence electrons. The lowest BCUT2D eigenvalue weighted by molar-refractivity contribution is 0.0229. The summed E-state index contributed by atoms with van der Waals surface area (Å²) in [6.45, 7) is 0.188. The van der Waals surface area contributed by atoms with E-state index in [0.29, 0.717) is 6.10 Å². The van der Waals surface area contributed by atoms with Crippen molar-refractivity contribution >= 4 is 22.6 Å². The van der Waals surface area contributed by atoms with Crippen LogP contribution in [0, 0.1) is 0 Å². The molecule has 2 nitrogen and oxygen atoms in total. The number of alkyl halides is 1. The molecule has 1 N–H and O–H groups in total. The third-order valence-corrected chi connectivity index (χ3v) is 2.55. The van der Waals surface area contributed by atoms with E-state index in [4.69, 9.17) is 9.84 Å². The Morgan fingerprint density at radius 2 is 2.11 bits per heavy atom. The van der Waals surface area contributed by atoms with E-state index >= 15 is 0 Å². The summed E-state index contributed by atoms with van der Waals surface area (Å²) in [5.74, 6) is 0. The maximum atomic E-state index is 8.65. The molecular formula is C6H11IO2. The predicted octanol–water partition coefficient (Wildman–Crippen LogP) is 0.961.